The maximum atomic E-state index is 4.75. The van der Waals surface area contributed by atoms with Crippen molar-refractivity contribution in [1.29, 1.82) is 0 Å². The van der Waals surface area contributed by atoms with Gasteiger partial charge in [-0.15, -0.1) is 0 Å². The highest BCUT2D eigenvalue weighted by Crippen LogP contribution is 2.48. The van der Waals surface area contributed by atoms with Crippen molar-refractivity contribution in [3.8, 4) is 0 Å². The van der Waals surface area contributed by atoms with Gasteiger partial charge in [-0.25, -0.2) is 0 Å². The number of aliphatic imine (C=N–C) groups is 1. The van der Waals surface area contributed by atoms with E-state index >= 15 is 0 Å². The molecule has 0 radical (unpaired) electrons. The molecule has 2 aromatic carbocycles. The van der Waals surface area contributed by atoms with E-state index in [1.807, 2.05) is 0 Å². The van der Waals surface area contributed by atoms with Crippen LogP contribution in [0.15, 0.2) is 46.1 Å². The molecule has 1 nitrogen and oxygen atoms in total. The predicted molar refractivity (Wildman–Crippen MR) is 115 cm³/mol. The fourth-order valence-corrected chi connectivity index (χ4v) is 4.71. The van der Waals surface area contributed by atoms with Crippen LogP contribution in [0, 0.1) is 20.8 Å². The molecule has 132 valence electrons. The van der Waals surface area contributed by atoms with Crippen molar-refractivity contribution >= 4 is 28.1 Å². The summed E-state index contributed by atoms with van der Waals surface area (Å²) in [6.07, 6.45) is 6.35. The predicted octanol–water partition coefficient (Wildman–Crippen LogP) is 7.09. The Morgan fingerprint density at radius 1 is 0.885 bits per heavy atom. The molecule has 2 bridgehead atoms. The second kappa shape index (κ2) is 6.09. The van der Waals surface area contributed by atoms with Crippen LogP contribution in [-0.2, 0) is 0 Å². The van der Waals surface area contributed by atoms with Gasteiger partial charge in [-0.1, -0.05) is 25.1 Å². The molecule has 0 N–H and O–H groups in total. The van der Waals surface area contributed by atoms with Crippen molar-refractivity contribution < 1.29 is 0 Å². The van der Waals surface area contributed by atoms with Gasteiger partial charge in [0.05, 0.1) is 0 Å². The maximum Gasteiger partial charge on any atom is 0.0375 e. The van der Waals surface area contributed by atoms with Gasteiger partial charge in [0.1, 0.15) is 0 Å². The Kier molecular flexibility index (Phi) is 3.99. The van der Waals surface area contributed by atoms with E-state index in [1.165, 1.54) is 60.9 Å². The largest absolute Gasteiger partial charge is 0.261 e. The summed E-state index contributed by atoms with van der Waals surface area (Å²) in [5.41, 5.74) is 13.8. The summed E-state index contributed by atoms with van der Waals surface area (Å²) >= 11 is 0. The molecule has 2 aliphatic rings. The van der Waals surface area contributed by atoms with E-state index < -0.39 is 0 Å². The average molecular weight is 341 g/mol. The van der Waals surface area contributed by atoms with Gasteiger partial charge in [-0.2, -0.15) is 0 Å². The van der Waals surface area contributed by atoms with Crippen molar-refractivity contribution in [3.05, 3.63) is 68.9 Å². The number of aryl methyl sites for hydroxylation is 3. The van der Waals surface area contributed by atoms with Gasteiger partial charge >= 0.3 is 0 Å². The van der Waals surface area contributed by atoms with E-state index in [2.05, 4.69) is 72.0 Å². The number of benzene rings is 2. The minimum absolute atomic E-state index is 1.00. The summed E-state index contributed by atoms with van der Waals surface area (Å²) in [6, 6.07) is 6.95. The number of fused-ring (bicyclic) bond motifs is 4. The van der Waals surface area contributed by atoms with Crippen LogP contribution in [-0.4, -0.2) is 6.21 Å². The Labute approximate surface area is 156 Å². The van der Waals surface area contributed by atoms with Gasteiger partial charge in [0, 0.05) is 11.9 Å². The van der Waals surface area contributed by atoms with Crippen LogP contribution < -0.4 is 0 Å². The Bertz CT molecular complexity index is 1070. The summed E-state index contributed by atoms with van der Waals surface area (Å²) in [4.78, 5) is 4.75. The van der Waals surface area contributed by atoms with Gasteiger partial charge in [0.2, 0.25) is 0 Å². The molecule has 2 aromatic rings. The highest BCUT2D eigenvalue weighted by molar-refractivity contribution is 6.12. The molecule has 0 unspecified atom stereocenters. The molecule has 0 aromatic heterocycles. The summed E-state index contributed by atoms with van der Waals surface area (Å²) in [7, 11) is 0. The fourth-order valence-electron chi connectivity index (χ4n) is 4.71. The smallest absolute Gasteiger partial charge is 0.0375 e. The van der Waals surface area contributed by atoms with Crippen LogP contribution >= 0.6 is 0 Å². The molecule has 0 fully saturated rings. The van der Waals surface area contributed by atoms with Crippen molar-refractivity contribution in [2.45, 2.75) is 54.4 Å². The fraction of sp³-hybridized carbons (Fsp3) is 0.320. The van der Waals surface area contributed by atoms with E-state index in [4.69, 9.17) is 4.99 Å². The normalized spacial score (nSPS) is 25.4. The van der Waals surface area contributed by atoms with Crippen LogP contribution in [0.25, 0.3) is 21.9 Å². The zero-order valence-corrected chi connectivity index (χ0v) is 16.7. The monoisotopic (exact) mass is 341 g/mol. The van der Waals surface area contributed by atoms with Gasteiger partial charge in [0.25, 0.3) is 0 Å². The van der Waals surface area contributed by atoms with Crippen molar-refractivity contribution in [3.63, 3.8) is 0 Å². The van der Waals surface area contributed by atoms with E-state index in [0.29, 0.717) is 0 Å². The lowest BCUT2D eigenvalue weighted by molar-refractivity contribution is 1.15. The molecular weight excluding hydrogens is 314 g/mol. The number of nitrogens with zero attached hydrogens (tertiary/aromatic N) is 1. The van der Waals surface area contributed by atoms with Crippen LogP contribution in [0.4, 0.5) is 0 Å². The second-order valence-electron chi connectivity index (χ2n) is 7.80. The highest BCUT2D eigenvalue weighted by atomic mass is 14.7. The van der Waals surface area contributed by atoms with Gasteiger partial charge < -0.3 is 0 Å². The molecule has 26 heavy (non-hydrogen) atoms. The molecule has 4 rings (SSSR count). The Hall–Kier alpha value is -2.41. The SMILES string of the molecule is CCC1=C2\C\C(=C(C)/C=C(C)\N=C/1)c1c(C)ccc3c(C)cc(C)c2c13. The van der Waals surface area contributed by atoms with Crippen LogP contribution in [0.2, 0.25) is 0 Å². The van der Waals surface area contributed by atoms with Gasteiger partial charge in [-0.3, -0.25) is 4.99 Å². The van der Waals surface area contributed by atoms with E-state index in [0.717, 1.165) is 18.5 Å². The zero-order valence-electron chi connectivity index (χ0n) is 16.7. The molecule has 1 aliphatic carbocycles. The highest BCUT2D eigenvalue weighted by Gasteiger charge is 2.27. The van der Waals surface area contributed by atoms with Crippen molar-refractivity contribution in [1.82, 2.24) is 0 Å². The van der Waals surface area contributed by atoms with Crippen molar-refractivity contribution in [2.75, 3.05) is 0 Å². The van der Waals surface area contributed by atoms with Crippen LogP contribution in [0.3, 0.4) is 0 Å². The molecule has 0 amide bonds. The topological polar surface area (TPSA) is 12.4 Å². The standard InChI is InChI=1S/C25H27N/c1-7-19-13-26-18(6)11-16(4)21-12-22(19)24-17(5)10-15(3)20-9-8-14(2)23(21)25(20)24/h8-11,13H,7,12H2,1-6H3/b18-11-,21-16+,22-19+,26-13-. The summed E-state index contributed by atoms with van der Waals surface area (Å²) in [6.45, 7) is 13.4. The lowest BCUT2D eigenvalue weighted by Gasteiger charge is -2.29. The maximum absolute atomic E-state index is 4.75. The quantitative estimate of drug-likeness (QED) is 0.525. The molecular formula is C25H27N. The third-order valence-electron chi connectivity index (χ3n) is 5.97. The summed E-state index contributed by atoms with van der Waals surface area (Å²) < 4.78 is 0. The van der Waals surface area contributed by atoms with Gasteiger partial charge in [0.15, 0.2) is 0 Å². The van der Waals surface area contributed by atoms with Crippen LogP contribution in [0.5, 0.6) is 0 Å². The van der Waals surface area contributed by atoms with E-state index in [1.54, 1.807) is 0 Å². The Morgan fingerprint density at radius 3 is 2.35 bits per heavy atom. The number of allylic oxidation sites excluding steroid dienone is 6. The van der Waals surface area contributed by atoms with E-state index in [-0.39, 0.29) is 0 Å². The number of rotatable bonds is 1. The molecule has 1 heterocycles. The minimum Gasteiger partial charge on any atom is -0.261 e. The Balaban J connectivity index is 2.30. The second-order valence-corrected chi connectivity index (χ2v) is 7.80. The third-order valence-corrected chi connectivity index (χ3v) is 5.97. The first kappa shape index (κ1) is 17.0. The number of hydrogen-bond acceptors (Lipinski definition) is 1. The summed E-state index contributed by atoms with van der Waals surface area (Å²) in [5, 5.41) is 2.84. The summed E-state index contributed by atoms with van der Waals surface area (Å²) in [5.74, 6) is 0. The van der Waals surface area contributed by atoms with Crippen LogP contribution in [0.1, 0.15) is 61.4 Å². The molecule has 0 saturated carbocycles. The molecule has 0 saturated heterocycles. The lowest BCUT2D eigenvalue weighted by atomic mass is 9.74. The van der Waals surface area contributed by atoms with Crippen molar-refractivity contribution in [2.24, 2.45) is 4.99 Å². The van der Waals surface area contributed by atoms with Gasteiger partial charge in [-0.05, 0) is 114 Å². The minimum atomic E-state index is 1.00. The first-order chi connectivity index (χ1) is 12.4. The molecule has 0 spiro atoms. The molecule has 1 heteroatoms. The third kappa shape index (κ3) is 2.41. The zero-order chi connectivity index (χ0) is 18.6. The average Bonchev–Trinajstić information content (AvgIpc) is 2.64. The van der Waals surface area contributed by atoms with E-state index in [9.17, 15) is 0 Å². The first-order valence-corrected chi connectivity index (χ1v) is 9.60. The first-order valence-electron chi connectivity index (χ1n) is 9.60. The molecule has 1 aliphatic heterocycles. The lowest BCUT2D eigenvalue weighted by Crippen LogP contribution is -2.08. The molecule has 0 atom stereocenters. The number of hydrogen-bond donors (Lipinski definition) is 0. The Morgan fingerprint density at radius 2 is 1.62 bits per heavy atom.